The molecule has 8 heteroatoms. The topological polar surface area (TPSA) is 90.9 Å². The Labute approximate surface area is 135 Å². The second-order valence-electron chi connectivity index (χ2n) is 5.31. The van der Waals surface area contributed by atoms with Gasteiger partial charge in [0.2, 0.25) is 5.91 Å². The summed E-state index contributed by atoms with van der Waals surface area (Å²) in [5, 5.41) is 7.87. The summed E-state index contributed by atoms with van der Waals surface area (Å²) in [6, 6.07) is 4.69. The second-order valence-corrected chi connectivity index (χ2v) is 6.15. The van der Waals surface area contributed by atoms with E-state index in [1.54, 1.807) is 12.1 Å². The quantitative estimate of drug-likeness (QED) is 0.813. The lowest BCUT2D eigenvalue weighted by molar-refractivity contribution is -0.115. The summed E-state index contributed by atoms with van der Waals surface area (Å²) in [6.45, 7) is 1.57. The standard InChI is InChI=1S/C15H12N4O3S/c20-12(6-9-7-23-15-16-3-4-19(9)15)17-8-1-2-10-11(5-8)14(22)18-13(10)21/h1-2,5,7H,3-4,6H2,(H,17,20)(H,18,21,22). The molecule has 3 aliphatic rings. The maximum Gasteiger partial charge on any atom is 0.259 e. The summed E-state index contributed by atoms with van der Waals surface area (Å²) in [5.41, 5.74) is 2.05. The van der Waals surface area contributed by atoms with Gasteiger partial charge >= 0.3 is 0 Å². The zero-order chi connectivity index (χ0) is 16.0. The fraction of sp³-hybridized carbons (Fsp3) is 0.200. The maximum absolute atomic E-state index is 12.2. The molecule has 0 bridgehead atoms. The van der Waals surface area contributed by atoms with Gasteiger partial charge in [0.25, 0.3) is 11.8 Å². The first kappa shape index (κ1) is 14.0. The van der Waals surface area contributed by atoms with Crippen molar-refractivity contribution in [1.82, 2.24) is 10.2 Å². The molecule has 7 nitrogen and oxygen atoms in total. The van der Waals surface area contributed by atoms with E-state index in [1.165, 1.54) is 17.8 Å². The average Bonchev–Trinajstić information content (AvgIpc) is 3.18. The van der Waals surface area contributed by atoms with Gasteiger partial charge in [-0.1, -0.05) is 11.8 Å². The molecule has 0 radical (unpaired) electrons. The van der Waals surface area contributed by atoms with Gasteiger partial charge in [-0.15, -0.1) is 0 Å². The Hall–Kier alpha value is -2.61. The molecule has 1 aromatic rings. The van der Waals surface area contributed by atoms with E-state index in [1.807, 2.05) is 10.3 Å². The predicted molar refractivity (Wildman–Crippen MR) is 86.2 cm³/mol. The SMILES string of the molecule is O=C(CC1=CSC2=NCCN12)Nc1ccc2c(c1)C(=O)NC2=O. The van der Waals surface area contributed by atoms with Crippen molar-refractivity contribution in [2.45, 2.75) is 6.42 Å². The molecule has 4 rings (SSSR count). The number of thioether (sulfide) groups is 1. The Balaban J connectivity index is 1.46. The van der Waals surface area contributed by atoms with Gasteiger partial charge < -0.3 is 10.2 Å². The lowest BCUT2D eigenvalue weighted by atomic mass is 10.1. The van der Waals surface area contributed by atoms with E-state index in [0.717, 1.165) is 24.0 Å². The lowest BCUT2D eigenvalue weighted by Gasteiger charge is -2.16. The first-order valence-electron chi connectivity index (χ1n) is 7.09. The molecule has 0 saturated carbocycles. The van der Waals surface area contributed by atoms with E-state index >= 15 is 0 Å². The second kappa shape index (κ2) is 5.24. The number of carbonyl (C=O) groups is 3. The van der Waals surface area contributed by atoms with Crippen molar-refractivity contribution in [2.75, 3.05) is 18.4 Å². The summed E-state index contributed by atoms with van der Waals surface area (Å²) in [6.07, 6.45) is 0.244. The van der Waals surface area contributed by atoms with E-state index in [9.17, 15) is 14.4 Å². The third-order valence-electron chi connectivity index (χ3n) is 3.81. The van der Waals surface area contributed by atoms with Crippen LogP contribution in [0.5, 0.6) is 0 Å². The molecule has 3 amide bonds. The molecule has 1 aromatic carbocycles. The Kier molecular flexibility index (Phi) is 3.19. The molecule has 3 aliphatic heterocycles. The number of amides is 3. The molecule has 0 unspecified atom stereocenters. The summed E-state index contributed by atoms with van der Waals surface area (Å²) in [7, 11) is 0. The van der Waals surface area contributed by atoms with Crippen molar-refractivity contribution >= 4 is 40.3 Å². The number of carbonyl (C=O) groups excluding carboxylic acids is 3. The highest BCUT2D eigenvalue weighted by molar-refractivity contribution is 8.16. The number of anilines is 1. The fourth-order valence-corrected chi connectivity index (χ4v) is 3.68. The Bertz CT molecular complexity index is 815. The third kappa shape index (κ3) is 2.40. The van der Waals surface area contributed by atoms with E-state index in [4.69, 9.17) is 0 Å². The van der Waals surface area contributed by atoms with Gasteiger partial charge in [0.05, 0.1) is 24.1 Å². The van der Waals surface area contributed by atoms with Crippen molar-refractivity contribution in [3.05, 3.63) is 40.4 Å². The molecule has 0 saturated heterocycles. The number of benzene rings is 1. The van der Waals surface area contributed by atoms with Crippen LogP contribution in [-0.2, 0) is 4.79 Å². The lowest BCUT2D eigenvalue weighted by Crippen LogP contribution is -2.24. The number of amidine groups is 1. The minimum atomic E-state index is -0.436. The zero-order valence-electron chi connectivity index (χ0n) is 12.0. The van der Waals surface area contributed by atoms with E-state index < -0.39 is 11.8 Å². The van der Waals surface area contributed by atoms with Crippen molar-refractivity contribution in [1.29, 1.82) is 0 Å². The highest BCUT2D eigenvalue weighted by Crippen LogP contribution is 2.31. The Morgan fingerprint density at radius 1 is 1.30 bits per heavy atom. The molecule has 0 aliphatic carbocycles. The first-order valence-corrected chi connectivity index (χ1v) is 7.97. The molecule has 116 valence electrons. The van der Waals surface area contributed by atoms with Crippen LogP contribution in [-0.4, -0.2) is 40.9 Å². The van der Waals surface area contributed by atoms with Crippen molar-refractivity contribution < 1.29 is 14.4 Å². The van der Waals surface area contributed by atoms with Crippen LogP contribution in [0.3, 0.4) is 0 Å². The molecule has 0 aromatic heterocycles. The van der Waals surface area contributed by atoms with Crippen LogP contribution >= 0.6 is 11.8 Å². The van der Waals surface area contributed by atoms with Crippen molar-refractivity contribution in [2.24, 2.45) is 4.99 Å². The van der Waals surface area contributed by atoms with Gasteiger partial charge in [-0.3, -0.25) is 24.7 Å². The smallest absolute Gasteiger partial charge is 0.259 e. The number of nitrogens with one attached hydrogen (secondary N) is 2. The van der Waals surface area contributed by atoms with Gasteiger partial charge in [0.15, 0.2) is 5.17 Å². The molecule has 0 fully saturated rings. The largest absolute Gasteiger partial charge is 0.326 e. The first-order chi connectivity index (χ1) is 11.1. The highest BCUT2D eigenvalue weighted by Gasteiger charge is 2.28. The molecule has 3 heterocycles. The van der Waals surface area contributed by atoms with Gasteiger partial charge in [0.1, 0.15) is 0 Å². The summed E-state index contributed by atoms with van der Waals surface area (Å²) in [4.78, 5) is 41.7. The summed E-state index contributed by atoms with van der Waals surface area (Å²) < 4.78 is 0. The van der Waals surface area contributed by atoms with Gasteiger partial charge in [0, 0.05) is 17.9 Å². The number of hydrogen-bond acceptors (Lipinski definition) is 6. The van der Waals surface area contributed by atoms with Crippen LogP contribution in [0.25, 0.3) is 0 Å². The summed E-state index contributed by atoms with van der Waals surface area (Å²) in [5.74, 6) is -1.01. The average molecular weight is 328 g/mol. The molecular weight excluding hydrogens is 316 g/mol. The number of aliphatic imine (C=N–C) groups is 1. The zero-order valence-corrected chi connectivity index (χ0v) is 12.8. The number of imide groups is 1. The maximum atomic E-state index is 12.2. The molecule has 0 spiro atoms. The van der Waals surface area contributed by atoms with Crippen LogP contribution in [0.1, 0.15) is 27.1 Å². The van der Waals surface area contributed by atoms with Gasteiger partial charge in [-0.05, 0) is 23.6 Å². The molecule has 23 heavy (non-hydrogen) atoms. The van der Waals surface area contributed by atoms with Crippen LogP contribution < -0.4 is 10.6 Å². The number of hydrogen-bond donors (Lipinski definition) is 2. The third-order valence-corrected chi connectivity index (χ3v) is 4.76. The van der Waals surface area contributed by atoms with E-state index in [2.05, 4.69) is 15.6 Å². The minimum absolute atomic E-state index is 0.172. The number of rotatable bonds is 3. The van der Waals surface area contributed by atoms with Crippen LogP contribution in [0, 0.1) is 0 Å². The fourth-order valence-electron chi connectivity index (χ4n) is 2.73. The minimum Gasteiger partial charge on any atom is -0.326 e. The van der Waals surface area contributed by atoms with Crippen LogP contribution in [0.2, 0.25) is 0 Å². The van der Waals surface area contributed by atoms with Crippen molar-refractivity contribution in [3.8, 4) is 0 Å². The van der Waals surface area contributed by atoms with E-state index in [-0.39, 0.29) is 17.9 Å². The summed E-state index contributed by atoms with van der Waals surface area (Å²) >= 11 is 1.53. The molecule has 2 N–H and O–H groups in total. The molecule has 0 atom stereocenters. The number of nitrogens with zero attached hydrogens (tertiary/aromatic N) is 2. The van der Waals surface area contributed by atoms with Gasteiger partial charge in [-0.25, -0.2) is 0 Å². The Morgan fingerprint density at radius 3 is 3.00 bits per heavy atom. The normalized spacial score (nSPS) is 18.3. The highest BCUT2D eigenvalue weighted by atomic mass is 32.2. The predicted octanol–water partition coefficient (Wildman–Crippen LogP) is 1.16. The van der Waals surface area contributed by atoms with Gasteiger partial charge in [-0.2, -0.15) is 0 Å². The van der Waals surface area contributed by atoms with Crippen LogP contribution in [0.15, 0.2) is 34.3 Å². The molecular formula is C15H12N4O3S. The van der Waals surface area contributed by atoms with E-state index in [0.29, 0.717) is 11.3 Å². The van der Waals surface area contributed by atoms with Crippen molar-refractivity contribution in [3.63, 3.8) is 0 Å². The monoisotopic (exact) mass is 328 g/mol. The van der Waals surface area contributed by atoms with Crippen LogP contribution in [0.4, 0.5) is 5.69 Å². The number of fused-ring (bicyclic) bond motifs is 2. The Morgan fingerprint density at radius 2 is 2.13 bits per heavy atom.